The van der Waals surface area contributed by atoms with E-state index in [1.165, 1.54) is 14.0 Å². The maximum atomic E-state index is 12.7. The van der Waals surface area contributed by atoms with Gasteiger partial charge in [0.1, 0.15) is 5.54 Å². The van der Waals surface area contributed by atoms with E-state index < -0.39 is 11.6 Å². The molecule has 25 heavy (non-hydrogen) atoms. The first-order chi connectivity index (χ1) is 11.8. The Kier molecular flexibility index (Phi) is 4.20. The lowest BCUT2D eigenvalue weighted by atomic mass is 9.87. The molecule has 2 fully saturated rings. The predicted molar refractivity (Wildman–Crippen MR) is 89.9 cm³/mol. The number of piperidine rings is 1. The zero-order valence-corrected chi connectivity index (χ0v) is 14.2. The molecule has 8 nitrogen and oxygen atoms in total. The molecule has 132 valence electrons. The third kappa shape index (κ3) is 3.07. The number of urea groups is 1. The zero-order valence-electron chi connectivity index (χ0n) is 14.2. The van der Waals surface area contributed by atoms with Crippen LogP contribution in [0.4, 0.5) is 10.5 Å². The molecule has 0 aliphatic carbocycles. The lowest BCUT2D eigenvalue weighted by Crippen LogP contribution is -2.55. The van der Waals surface area contributed by atoms with Crippen molar-refractivity contribution in [1.82, 2.24) is 15.1 Å². The molecule has 1 aromatic carbocycles. The molecule has 1 spiro atoms. The molecule has 0 unspecified atom stereocenters. The van der Waals surface area contributed by atoms with E-state index in [1.807, 2.05) is 0 Å². The fraction of sp³-hybridized carbons (Fsp3) is 0.412. The summed E-state index contributed by atoms with van der Waals surface area (Å²) in [6.07, 6.45) is 0.776. The molecule has 0 atom stereocenters. The van der Waals surface area contributed by atoms with E-state index in [1.54, 1.807) is 29.2 Å². The minimum Gasteiger partial charge on any atom is -0.338 e. The number of nitrogens with one attached hydrogen (secondary N) is 2. The van der Waals surface area contributed by atoms with Gasteiger partial charge in [-0.15, -0.1) is 0 Å². The number of hydrogen-bond acceptors (Lipinski definition) is 4. The van der Waals surface area contributed by atoms with Crippen LogP contribution in [0.3, 0.4) is 0 Å². The van der Waals surface area contributed by atoms with Crippen LogP contribution in [0.25, 0.3) is 0 Å². The summed E-state index contributed by atoms with van der Waals surface area (Å²) in [5.41, 5.74) is 0.147. The minimum atomic E-state index is -0.888. The van der Waals surface area contributed by atoms with E-state index in [2.05, 4.69) is 10.6 Å². The van der Waals surface area contributed by atoms with Crippen LogP contribution in [0.15, 0.2) is 24.3 Å². The highest BCUT2D eigenvalue weighted by molar-refractivity contribution is 6.07. The molecule has 2 heterocycles. The predicted octanol–water partition coefficient (Wildman–Crippen LogP) is 0.801. The van der Waals surface area contributed by atoms with Gasteiger partial charge >= 0.3 is 6.03 Å². The number of nitrogens with zero attached hydrogens (tertiary/aromatic N) is 2. The Morgan fingerprint density at radius 1 is 1.20 bits per heavy atom. The SMILES string of the molecule is CC(=O)Nc1cccc(C(=O)N2CCC3(CC2)NC(=O)N(C)C3=O)c1. The summed E-state index contributed by atoms with van der Waals surface area (Å²) in [7, 11) is 1.46. The van der Waals surface area contributed by atoms with Crippen molar-refractivity contribution in [3.05, 3.63) is 29.8 Å². The van der Waals surface area contributed by atoms with Crippen LogP contribution in [0.1, 0.15) is 30.1 Å². The van der Waals surface area contributed by atoms with Crippen molar-refractivity contribution in [3.63, 3.8) is 0 Å². The largest absolute Gasteiger partial charge is 0.338 e. The Labute approximate surface area is 145 Å². The molecule has 2 aliphatic rings. The number of likely N-dealkylation sites (N-methyl/N-ethyl adjacent to an activating group) is 1. The second-order valence-electron chi connectivity index (χ2n) is 6.43. The number of hydrogen-bond donors (Lipinski definition) is 2. The molecule has 2 N–H and O–H groups in total. The van der Waals surface area contributed by atoms with E-state index in [0.717, 1.165) is 4.90 Å². The van der Waals surface area contributed by atoms with Gasteiger partial charge in [-0.3, -0.25) is 19.3 Å². The third-order valence-corrected chi connectivity index (χ3v) is 4.70. The van der Waals surface area contributed by atoms with Crippen molar-refractivity contribution in [2.45, 2.75) is 25.3 Å². The van der Waals surface area contributed by atoms with Crippen molar-refractivity contribution in [3.8, 4) is 0 Å². The Balaban J connectivity index is 1.69. The maximum Gasteiger partial charge on any atom is 0.324 e. The highest BCUT2D eigenvalue weighted by Crippen LogP contribution is 2.29. The van der Waals surface area contributed by atoms with Gasteiger partial charge in [0.05, 0.1) is 0 Å². The van der Waals surface area contributed by atoms with Crippen molar-refractivity contribution < 1.29 is 19.2 Å². The van der Waals surface area contributed by atoms with Gasteiger partial charge < -0.3 is 15.5 Å². The summed E-state index contributed by atoms with van der Waals surface area (Å²) in [6.45, 7) is 2.16. The fourth-order valence-electron chi connectivity index (χ4n) is 3.30. The lowest BCUT2D eigenvalue weighted by molar-refractivity contribution is -0.131. The second kappa shape index (κ2) is 6.19. The van der Waals surface area contributed by atoms with Crippen molar-refractivity contribution in [1.29, 1.82) is 0 Å². The summed E-state index contributed by atoms with van der Waals surface area (Å²) in [6, 6.07) is 6.34. The maximum absolute atomic E-state index is 12.7. The number of benzene rings is 1. The summed E-state index contributed by atoms with van der Waals surface area (Å²) < 4.78 is 0. The lowest BCUT2D eigenvalue weighted by Gasteiger charge is -2.37. The summed E-state index contributed by atoms with van der Waals surface area (Å²) in [4.78, 5) is 50.6. The standard InChI is InChI=1S/C17H20N4O4/c1-11(22)18-13-5-3-4-12(10-13)14(23)21-8-6-17(7-9-21)15(24)20(2)16(25)19-17/h3-5,10H,6-9H2,1-2H3,(H,18,22)(H,19,25). The average molecular weight is 344 g/mol. The number of carbonyl (C=O) groups excluding carboxylic acids is 4. The molecule has 0 radical (unpaired) electrons. The first-order valence-corrected chi connectivity index (χ1v) is 8.10. The van der Waals surface area contributed by atoms with Gasteiger partial charge in [-0.1, -0.05) is 6.07 Å². The molecule has 0 saturated carbocycles. The number of likely N-dealkylation sites (tertiary alicyclic amines) is 1. The number of carbonyl (C=O) groups is 4. The molecule has 2 saturated heterocycles. The van der Waals surface area contributed by atoms with Crippen molar-refractivity contribution in [2.75, 3.05) is 25.5 Å². The molecule has 5 amide bonds. The van der Waals surface area contributed by atoms with Gasteiger partial charge in [-0.2, -0.15) is 0 Å². The van der Waals surface area contributed by atoms with Gasteiger partial charge in [0.25, 0.3) is 11.8 Å². The summed E-state index contributed by atoms with van der Waals surface area (Å²) >= 11 is 0. The molecule has 2 aliphatic heterocycles. The van der Waals surface area contributed by atoms with Gasteiger partial charge in [0.15, 0.2) is 0 Å². The zero-order chi connectivity index (χ0) is 18.2. The number of imide groups is 1. The van der Waals surface area contributed by atoms with Crippen LogP contribution in [0, 0.1) is 0 Å². The molecule has 0 bridgehead atoms. The Morgan fingerprint density at radius 3 is 2.44 bits per heavy atom. The highest BCUT2D eigenvalue weighted by atomic mass is 16.2. The molecule has 0 aromatic heterocycles. The monoisotopic (exact) mass is 344 g/mol. The van der Waals surface area contributed by atoms with Gasteiger partial charge in [-0.25, -0.2) is 4.79 Å². The van der Waals surface area contributed by atoms with Crippen LogP contribution in [0.5, 0.6) is 0 Å². The smallest absolute Gasteiger partial charge is 0.324 e. The first kappa shape index (κ1) is 16.9. The molecule has 8 heteroatoms. The van der Waals surface area contributed by atoms with Gasteiger partial charge in [0.2, 0.25) is 5.91 Å². The molecular weight excluding hydrogens is 324 g/mol. The summed E-state index contributed by atoms with van der Waals surface area (Å²) in [5, 5.41) is 5.40. The fourth-order valence-corrected chi connectivity index (χ4v) is 3.30. The van der Waals surface area contributed by atoms with Crippen LogP contribution in [-0.4, -0.2) is 59.2 Å². The molecule has 3 rings (SSSR count). The number of anilines is 1. The Morgan fingerprint density at radius 2 is 1.88 bits per heavy atom. The third-order valence-electron chi connectivity index (χ3n) is 4.70. The van der Waals surface area contributed by atoms with Crippen LogP contribution < -0.4 is 10.6 Å². The van der Waals surface area contributed by atoms with Gasteiger partial charge in [-0.05, 0) is 31.0 Å². The number of amides is 5. The molecular formula is C17H20N4O4. The highest BCUT2D eigenvalue weighted by Gasteiger charge is 2.51. The first-order valence-electron chi connectivity index (χ1n) is 8.10. The van der Waals surface area contributed by atoms with Crippen LogP contribution >= 0.6 is 0 Å². The Bertz CT molecular complexity index is 753. The second-order valence-corrected chi connectivity index (χ2v) is 6.43. The molecule has 1 aromatic rings. The van der Waals surface area contributed by atoms with E-state index in [-0.39, 0.29) is 17.7 Å². The number of rotatable bonds is 2. The summed E-state index contributed by atoms with van der Waals surface area (Å²) in [5.74, 6) is -0.603. The van der Waals surface area contributed by atoms with Crippen LogP contribution in [-0.2, 0) is 9.59 Å². The van der Waals surface area contributed by atoms with E-state index in [9.17, 15) is 19.2 Å². The van der Waals surface area contributed by atoms with E-state index in [0.29, 0.717) is 37.2 Å². The normalized spacial score (nSPS) is 19.1. The minimum absolute atomic E-state index is 0.160. The topological polar surface area (TPSA) is 98.8 Å². The van der Waals surface area contributed by atoms with E-state index >= 15 is 0 Å². The quantitative estimate of drug-likeness (QED) is 0.775. The van der Waals surface area contributed by atoms with Crippen molar-refractivity contribution in [2.24, 2.45) is 0 Å². The van der Waals surface area contributed by atoms with Crippen molar-refractivity contribution >= 4 is 29.4 Å². The van der Waals surface area contributed by atoms with Gasteiger partial charge in [0, 0.05) is 38.3 Å². The van der Waals surface area contributed by atoms with E-state index in [4.69, 9.17) is 0 Å². The Hall–Kier alpha value is -2.90. The average Bonchev–Trinajstić information content (AvgIpc) is 2.79. The van der Waals surface area contributed by atoms with Crippen LogP contribution in [0.2, 0.25) is 0 Å².